The first-order valence-electron chi connectivity index (χ1n) is 9.58. The molecule has 4 heteroatoms. The molecule has 25 heavy (non-hydrogen) atoms. The maximum atomic E-state index is 11.5. The van der Waals surface area contributed by atoms with Gasteiger partial charge < -0.3 is 10.2 Å². The third kappa shape index (κ3) is 7.29. The lowest BCUT2D eigenvalue weighted by atomic mass is 9.93. The number of hydrogen-bond acceptors (Lipinski definition) is 2. The molecular weight excluding hydrogens is 316 g/mol. The van der Waals surface area contributed by atoms with E-state index in [2.05, 4.69) is 6.92 Å². The third-order valence-electron chi connectivity index (χ3n) is 4.80. The second-order valence-electron chi connectivity index (χ2n) is 6.81. The Labute approximate surface area is 151 Å². The molecule has 0 amide bonds. The number of rotatable bonds is 13. The van der Waals surface area contributed by atoms with Gasteiger partial charge in [0.1, 0.15) is 0 Å². The summed E-state index contributed by atoms with van der Waals surface area (Å²) < 4.78 is 0. The average Bonchev–Trinajstić information content (AvgIpc) is 2.55. The van der Waals surface area contributed by atoms with Crippen molar-refractivity contribution in [2.75, 3.05) is 0 Å². The van der Waals surface area contributed by atoms with E-state index in [0.717, 1.165) is 18.4 Å². The summed E-state index contributed by atoms with van der Waals surface area (Å²) in [5.74, 6) is -2.12. The number of carboxylic acids is 2. The van der Waals surface area contributed by atoms with E-state index >= 15 is 0 Å². The Hall–Kier alpha value is -1.84. The number of carboxylic acid groups (broad SMARTS) is 2. The van der Waals surface area contributed by atoms with Crippen molar-refractivity contribution in [3.05, 3.63) is 34.4 Å². The van der Waals surface area contributed by atoms with Crippen molar-refractivity contribution in [2.45, 2.75) is 84.5 Å². The minimum atomic E-state index is -1.08. The van der Waals surface area contributed by atoms with E-state index in [1.165, 1.54) is 57.4 Å². The molecule has 0 heterocycles. The Kier molecular flexibility index (Phi) is 9.90. The molecule has 2 N–H and O–H groups in total. The van der Waals surface area contributed by atoms with Crippen LogP contribution in [0.5, 0.6) is 0 Å². The molecule has 0 aliphatic carbocycles. The van der Waals surface area contributed by atoms with Gasteiger partial charge >= 0.3 is 11.9 Å². The van der Waals surface area contributed by atoms with E-state index in [1.807, 2.05) is 0 Å². The standard InChI is InChI=1S/C21H32O4/c1-3-4-5-6-7-8-9-10-11-12-13-17-14-15-18(20(22)23)16(2)19(17)21(24)25/h14-15H,3-13H2,1-2H3,(H,22,23)(H,24,25). The largest absolute Gasteiger partial charge is 0.478 e. The molecule has 0 aliphatic rings. The zero-order chi connectivity index (χ0) is 18.7. The maximum absolute atomic E-state index is 11.5. The number of aryl methyl sites for hydroxylation is 1. The molecule has 1 aromatic rings. The highest BCUT2D eigenvalue weighted by Gasteiger charge is 2.18. The van der Waals surface area contributed by atoms with Crippen LogP contribution in [-0.2, 0) is 6.42 Å². The van der Waals surface area contributed by atoms with E-state index in [1.54, 1.807) is 13.0 Å². The second kappa shape index (κ2) is 11.7. The summed E-state index contributed by atoms with van der Waals surface area (Å²) in [4.78, 5) is 22.7. The van der Waals surface area contributed by atoms with Crippen LogP contribution in [0.2, 0.25) is 0 Å². The first-order valence-corrected chi connectivity index (χ1v) is 9.58. The lowest BCUT2D eigenvalue weighted by Gasteiger charge is -2.11. The van der Waals surface area contributed by atoms with E-state index in [0.29, 0.717) is 12.0 Å². The highest BCUT2D eigenvalue weighted by atomic mass is 16.4. The summed E-state index contributed by atoms with van der Waals surface area (Å²) in [6.07, 6.45) is 13.1. The average molecular weight is 348 g/mol. The third-order valence-corrected chi connectivity index (χ3v) is 4.80. The molecule has 0 atom stereocenters. The van der Waals surface area contributed by atoms with Crippen LogP contribution in [0.15, 0.2) is 12.1 Å². The van der Waals surface area contributed by atoms with Crippen molar-refractivity contribution in [2.24, 2.45) is 0 Å². The number of hydrogen-bond donors (Lipinski definition) is 2. The molecule has 0 fully saturated rings. The molecule has 0 saturated heterocycles. The molecule has 0 radical (unpaired) electrons. The highest BCUT2D eigenvalue weighted by Crippen LogP contribution is 2.21. The first-order chi connectivity index (χ1) is 12.0. The predicted octanol–water partition coefficient (Wildman–Crippen LogP) is 5.85. The van der Waals surface area contributed by atoms with Crippen LogP contribution in [0.1, 0.15) is 103 Å². The zero-order valence-electron chi connectivity index (χ0n) is 15.6. The van der Waals surface area contributed by atoms with Crippen LogP contribution in [0.3, 0.4) is 0 Å². The van der Waals surface area contributed by atoms with Crippen molar-refractivity contribution >= 4 is 11.9 Å². The quantitative estimate of drug-likeness (QED) is 0.438. The Morgan fingerprint density at radius 1 is 0.800 bits per heavy atom. The SMILES string of the molecule is CCCCCCCCCCCCc1ccc(C(=O)O)c(C)c1C(=O)O. The van der Waals surface area contributed by atoms with Gasteiger partial charge in [-0.2, -0.15) is 0 Å². The van der Waals surface area contributed by atoms with Crippen LogP contribution in [0, 0.1) is 6.92 Å². The predicted molar refractivity (Wildman–Crippen MR) is 101 cm³/mol. The summed E-state index contributed by atoms with van der Waals surface area (Å²) in [5, 5.41) is 18.6. The zero-order valence-corrected chi connectivity index (χ0v) is 15.6. The number of benzene rings is 1. The van der Waals surface area contributed by atoms with E-state index in [-0.39, 0.29) is 11.1 Å². The normalized spacial score (nSPS) is 10.8. The minimum Gasteiger partial charge on any atom is -0.478 e. The summed E-state index contributed by atoms with van der Waals surface area (Å²) in [6.45, 7) is 3.81. The Balaban J connectivity index is 2.39. The van der Waals surface area contributed by atoms with Gasteiger partial charge in [0, 0.05) is 0 Å². The second-order valence-corrected chi connectivity index (χ2v) is 6.81. The summed E-state index contributed by atoms with van der Waals surface area (Å²) >= 11 is 0. The first kappa shape index (κ1) is 21.2. The van der Waals surface area contributed by atoms with Gasteiger partial charge in [-0.25, -0.2) is 9.59 Å². The lowest BCUT2D eigenvalue weighted by molar-refractivity contribution is 0.0695. The van der Waals surface area contributed by atoms with Gasteiger partial charge in [-0.15, -0.1) is 0 Å². The van der Waals surface area contributed by atoms with Gasteiger partial charge in [0.2, 0.25) is 0 Å². The monoisotopic (exact) mass is 348 g/mol. The summed E-state index contributed by atoms with van der Waals surface area (Å²) in [7, 11) is 0. The molecule has 0 aromatic heterocycles. The molecular formula is C21H32O4. The van der Waals surface area contributed by atoms with Crippen LogP contribution in [-0.4, -0.2) is 22.2 Å². The number of unbranched alkanes of at least 4 members (excludes halogenated alkanes) is 9. The number of carbonyl (C=O) groups is 2. The molecule has 0 spiro atoms. The summed E-state index contributed by atoms with van der Waals surface area (Å²) in [6, 6.07) is 3.18. The Bertz CT molecular complexity index is 563. The van der Waals surface area contributed by atoms with Crippen molar-refractivity contribution in [1.82, 2.24) is 0 Å². The molecule has 1 rings (SSSR count). The van der Waals surface area contributed by atoms with Gasteiger partial charge in [-0.1, -0.05) is 70.8 Å². The van der Waals surface area contributed by atoms with Crippen LogP contribution in [0.25, 0.3) is 0 Å². The molecule has 0 unspecified atom stereocenters. The molecule has 1 aromatic carbocycles. The molecule has 140 valence electrons. The van der Waals surface area contributed by atoms with Crippen LogP contribution in [0.4, 0.5) is 0 Å². The Morgan fingerprint density at radius 3 is 1.80 bits per heavy atom. The van der Waals surface area contributed by atoms with Gasteiger partial charge in [-0.05, 0) is 37.0 Å². The fourth-order valence-electron chi connectivity index (χ4n) is 3.31. The minimum absolute atomic E-state index is 0.0734. The summed E-state index contributed by atoms with van der Waals surface area (Å²) in [5.41, 5.74) is 1.33. The van der Waals surface area contributed by atoms with E-state index < -0.39 is 11.9 Å². The van der Waals surface area contributed by atoms with Crippen molar-refractivity contribution in [3.8, 4) is 0 Å². The van der Waals surface area contributed by atoms with E-state index in [9.17, 15) is 14.7 Å². The Morgan fingerprint density at radius 2 is 1.32 bits per heavy atom. The molecule has 0 bridgehead atoms. The van der Waals surface area contributed by atoms with Gasteiger partial charge in [0.05, 0.1) is 11.1 Å². The van der Waals surface area contributed by atoms with Crippen molar-refractivity contribution < 1.29 is 19.8 Å². The fraction of sp³-hybridized carbons (Fsp3) is 0.619. The topological polar surface area (TPSA) is 74.6 Å². The van der Waals surface area contributed by atoms with Crippen LogP contribution >= 0.6 is 0 Å². The van der Waals surface area contributed by atoms with Gasteiger partial charge in [0.15, 0.2) is 0 Å². The van der Waals surface area contributed by atoms with E-state index in [4.69, 9.17) is 5.11 Å². The van der Waals surface area contributed by atoms with Gasteiger partial charge in [-0.3, -0.25) is 0 Å². The molecule has 4 nitrogen and oxygen atoms in total. The smallest absolute Gasteiger partial charge is 0.336 e. The molecule has 0 aliphatic heterocycles. The van der Waals surface area contributed by atoms with Crippen molar-refractivity contribution in [1.29, 1.82) is 0 Å². The van der Waals surface area contributed by atoms with Crippen molar-refractivity contribution in [3.63, 3.8) is 0 Å². The maximum Gasteiger partial charge on any atom is 0.336 e. The number of aromatic carboxylic acids is 2. The fourth-order valence-corrected chi connectivity index (χ4v) is 3.31. The van der Waals surface area contributed by atoms with Crippen LogP contribution < -0.4 is 0 Å². The highest BCUT2D eigenvalue weighted by molar-refractivity contribution is 5.97. The molecule has 0 saturated carbocycles. The van der Waals surface area contributed by atoms with Gasteiger partial charge in [0.25, 0.3) is 0 Å². The lowest BCUT2D eigenvalue weighted by Crippen LogP contribution is -2.10.